The molecule has 3 rings (SSSR count). The van der Waals surface area contributed by atoms with Crippen molar-refractivity contribution in [2.24, 2.45) is 0 Å². The van der Waals surface area contributed by atoms with E-state index in [1.807, 2.05) is 0 Å². The number of nitrogens with one attached hydrogen (secondary N) is 1. The topological polar surface area (TPSA) is 55.6 Å². The van der Waals surface area contributed by atoms with Crippen molar-refractivity contribution in [3.05, 3.63) is 42.6 Å². The van der Waals surface area contributed by atoms with Crippen molar-refractivity contribution in [2.75, 3.05) is 5.32 Å². The molecule has 0 radical (unpaired) electrons. The molecule has 5 nitrogen and oxygen atoms in total. The number of nitrogens with zero attached hydrogens (tertiary/aromatic N) is 4. The minimum atomic E-state index is -4.41. The van der Waals surface area contributed by atoms with Crippen LogP contribution in [0.5, 0.6) is 0 Å². The van der Waals surface area contributed by atoms with Gasteiger partial charge in [0.05, 0.1) is 10.9 Å². The molecule has 114 valence electrons. The summed E-state index contributed by atoms with van der Waals surface area (Å²) in [5.74, 6) is -0.435. The maximum absolute atomic E-state index is 13.1. The normalized spacial score (nSPS) is 11.8. The van der Waals surface area contributed by atoms with Crippen molar-refractivity contribution in [1.82, 2.24) is 19.7 Å². The van der Waals surface area contributed by atoms with Crippen LogP contribution in [-0.4, -0.2) is 25.9 Å². The molecule has 0 fully saturated rings. The summed E-state index contributed by atoms with van der Waals surface area (Å²) in [4.78, 5) is 7.46. The zero-order valence-corrected chi connectivity index (χ0v) is 11.0. The van der Waals surface area contributed by atoms with E-state index in [0.717, 1.165) is 10.7 Å². The third kappa shape index (κ3) is 2.97. The SMILES string of the molecule is Fc1cccc(Nc2nn(CC(F)(F)F)c3ccncc23)n1. The van der Waals surface area contributed by atoms with Crippen molar-refractivity contribution in [3.63, 3.8) is 0 Å². The molecule has 3 aromatic rings. The first-order valence-electron chi connectivity index (χ1n) is 6.19. The highest BCUT2D eigenvalue weighted by atomic mass is 19.4. The van der Waals surface area contributed by atoms with Gasteiger partial charge in [-0.2, -0.15) is 22.7 Å². The summed E-state index contributed by atoms with van der Waals surface area (Å²) in [7, 11) is 0. The van der Waals surface area contributed by atoms with Crippen molar-refractivity contribution >= 4 is 22.5 Å². The molecule has 0 unspecified atom stereocenters. The summed E-state index contributed by atoms with van der Waals surface area (Å²) < 4.78 is 51.7. The maximum atomic E-state index is 13.1. The summed E-state index contributed by atoms with van der Waals surface area (Å²) in [6.45, 7) is -1.23. The Bertz CT molecular complexity index is 812. The van der Waals surface area contributed by atoms with Crippen molar-refractivity contribution in [2.45, 2.75) is 12.7 Å². The van der Waals surface area contributed by atoms with Crippen molar-refractivity contribution in [3.8, 4) is 0 Å². The predicted octanol–water partition coefficient (Wildman–Crippen LogP) is 3.27. The first-order chi connectivity index (χ1) is 10.4. The fourth-order valence-electron chi connectivity index (χ4n) is 2.00. The van der Waals surface area contributed by atoms with Crippen LogP contribution in [0.2, 0.25) is 0 Å². The Labute approximate surface area is 121 Å². The number of hydrogen-bond donors (Lipinski definition) is 1. The van der Waals surface area contributed by atoms with Crippen LogP contribution in [0, 0.1) is 5.95 Å². The molecule has 22 heavy (non-hydrogen) atoms. The Kier molecular flexibility index (Phi) is 3.39. The maximum Gasteiger partial charge on any atom is 0.408 e. The van der Waals surface area contributed by atoms with Gasteiger partial charge < -0.3 is 5.32 Å². The second-order valence-electron chi connectivity index (χ2n) is 4.48. The van der Waals surface area contributed by atoms with Crippen LogP contribution in [0.1, 0.15) is 0 Å². The molecule has 3 heterocycles. The lowest BCUT2D eigenvalue weighted by Crippen LogP contribution is -2.18. The average molecular weight is 311 g/mol. The summed E-state index contributed by atoms with van der Waals surface area (Å²) in [6.07, 6.45) is -1.64. The Morgan fingerprint density at radius 2 is 2.00 bits per heavy atom. The number of hydrogen-bond acceptors (Lipinski definition) is 4. The van der Waals surface area contributed by atoms with Gasteiger partial charge in [-0.15, -0.1) is 0 Å². The molecule has 9 heteroatoms. The van der Waals surface area contributed by atoms with Gasteiger partial charge in [0, 0.05) is 12.4 Å². The van der Waals surface area contributed by atoms with Gasteiger partial charge in [0.25, 0.3) is 0 Å². The largest absolute Gasteiger partial charge is 0.408 e. The van der Waals surface area contributed by atoms with Gasteiger partial charge in [0.15, 0.2) is 5.82 Å². The molecule has 0 saturated heterocycles. The molecule has 0 aliphatic carbocycles. The van der Waals surface area contributed by atoms with Gasteiger partial charge in [0.2, 0.25) is 5.95 Å². The Morgan fingerprint density at radius 3 is 2.73 bits per heavy atom. The molecule has 1 N–H and O–H groups in total. The van der Waals surface area contributed by atoms with E-state index in [9.17, 15) is 17.6 Å². The molecule has 3 aromatic heterocycles. The van der Waals surface area contributed by atoms with Crippen LogP contribution < -0.4 is 5.32 Å². The van der Waals surface area contributed by atoms with E-state index in [1.54, 1.807) is 0 Å². The monoisotopic (exact) mass is 311 g/mol. The zero-order valence-electron chi connectivity index (χ0n) is 11.0. The molecule has 0 aliphatic rings. The van der Waals surface area contributed by atoms with Crippen LogP contribution in [0.25, 0.3) is 10.9 Å². The molecule has 0 bridgehead atoms. The fraction of sp³-hybridized carbons (Fsp3) is 0.154. The smallest absolute Gasteiger partial charge is 0.323 e. The molecule has 0 atom stereocenters. The molecule has 0 amide bonds. The van der Waals surface area contributed by atoms with Crippen LogP contribution in [-0.2, 0) is 6.54 Å². The second-order valence-corrected chi connectivity index (χ2v) is 4.48. The van der Waals surface area contributed by atoms with Gasteiger partial charge in [-0.3, -0.25) is 9.67 Å². The molecule has 0 aliphatic heterocycles. The lowest BCUT2D eigenvalue weighted by atomic mass is 10.3. The first kappa shape index (κ1) is 14.2. The Balaban J connectivity index is 2.02. The van der Waals surface area contributed by atoms with Gasteiger partial charge in [-0.25, -0.2) is 4.98 Å². The van der Waals surface area contributed by atoms with Gasteiger partial charge >= 0.3 is 6.18 Å². The van der Waals surface area contributed by atoms with Crippen molar-refractivity contribution < 1.29 is 17.6 Å². The van der Waals surface area contributed by atoms with E-state index in [0.29, 0.717) is 5.39 Å². The number of aromatic nitrogens is 4. The van der Waals surface area contributed by atoms with Crippen LogP contribution in [0.3, 0.4) is 0 Å². The average Bonchev–Trinajstić information content (AvgIpc) is 2.75. The van der Waals surface area contributed by atoms with E-state index in [4.69, 9.17) is 0 Å². The highest BCUT2D eigenvalue weighted by Gasteiger charge is 2.30. The quantitative estimate of drug-likeness (QED) is 0.596. The molecule has 0 saturated carbocycles. The molecular weight excluding hydrogens is 302 g/mol. The van der Waals surface area contributed by atoms with Crippen LogP contribution >= 0.6 is 0 Å². The highest BCUT2D eigenvalue weighted by molar-refractivity contribution is 5.90. The van der Waals surface area contributed by atoms with Gasteiger partial charge in [-0.1, -0.05) is 6.07 Å². The van der Waals surface area contributed by atoms with Gasteiger partial charge in [0.1, 0.15) is 12.4 Å². The lowest BCUT2D eigenvalue weighted by molar-refractivity contribution is -0.141. The third-order valence-corrected chi connectivity index (χ3v) is 2.84. The van der Waals surface area contributed by atoms with E-state index in [-0.39, 0.29) is 17.2 Å². The molecule has 0 spiro atoms. The van der Waals surface area contributed by atoms with Crippen molar-refractivity contribution in [1.29, 1.82) is 0 Å². The number of alkyl halides is 3. The Morgan fingerprint density at radius 1 is 1.18 bits per heavy atom. The van der Waals surface area contributed by atoms with E-state index in [2.05, 4.69) is 20.4 Å². The number of halogens is 4. The minimum Gasteiger partial charge on any atom is -0.323 e. The minimum absolute atomic E-state index is 0.130. The second kappa shape index (κ2) is 5.24. The van der Waals surface area contributed by atoms with E-state index in [1.165, 1.54) is 30.6 Å². The first-order valence-corrected chi connectivity index (χ1v) is 6.19. The standard InChI is InChI=1S/C13H9F4N5/c14-10-2-1-3-11(19-10)20-12-8-6-18-5-4-9(8)22(21-12)7-13(15,16)17/h1-6H,7H2,(H,19,20,21). The number of rotatable bonds is 3. The third-order valence-electron chi connectivity index (χ3n) is 2.84. The van der Waals surface area contributed by atoms with Gasteiger partial charge in [-0.05, 0) is 18.2 Å². The van der Waals surface area contributed by atoms with Crippen LogP contribution in [0.15, 0.2) is 36.7 Å². The van der Waals surface area contributed by atoms with E-state index >= 15 is 0 Å². The fourth-order valence-corrected chi connectivity index (χ4v) is 2.00. The summed E-state index contributed by atoms with van der Waals surface area (Å²) in [5, 5.41) is 6.97. The lowest BCUT2D eigenvalue weighted by Gasteiger charge is -2.06. The molecule has 0 aromatic carbocycles. The summed E-state index contributed by atoms with van der Waals surface area (Å²) >= 11 is 0. The van der Waals surface area contributed by atoms with E-state index < -0.39 is 18.7 Å². The summed E-state index contributed by atoms with van der Waals surface area (Å²) in [5.41, 5.74) is 0.270. The summed E-state index contributed by atoms with van der Waals surface area (Å²) in [6, 6.07) is 5.50. The Hall–Kier alpha value is -2.71. The number of pyridine rings is 2. The highest BCUT2D eigenvalue weighted by Crippen LogP contribution is 2.27. The predicted molar refractivity (Wildman–Crippen MR) is 71.1 cm³/mol. The zero-order chi connectivity index (χ0) is 15.7. The number of anilines is 2. The molecular formula is C13H9F4N5. The van der Waals surface area contributed by atoms with Crippen LogP contribution in [0.4, 0.5) is 29.2 Å². The number of fused-ring (bicyclic) bond motifs is 1.